The normalized spacial score (nSPS) is 11.8. The van der Waals surface area contributed by atoms with Crippen molar-refractivity contribution in [1.29, 1.82) is 0 Å². The van der Waals surface area contributed by atoms with Gasteiger partial charge >= 0.3 is 0 Å². The van der Waals surface area contributed by atoms with Gasteiger partial charge in [-0.05, 0) is 32.0 Å². The van der Waals surface area contributed by atoms with E-state index in [4.69, 9.17) is 16.3 Å². The average Bonchev–Trinajstić information content (AvgIpc) is 2.96. The van der Waals surface area contributed by atoms with Crippen LogP contribution in [-0.4, -0.2) is 17.0 Å². The Labute approximate surface area is 155 Å². The van der Waals surface area contributed by atoms with E-state index in [0.717, 1.165) is 16.1 Å². The number of carbonyl (C=O) groups excluding carboxylic acids is 1. The van der Waals surface area contributed by atoms with Crippen LogP contribution in [0, 0.1) is 6.92 Å². The smallest absolute Gasteiger partial charge is 0.266 e. The monoisotopic (exact) mass is 372 g/mol. The van der Waals surface area contributed by atoms with Crippen LogP contribution in [0.4, 0.5) is 5.13 Å². The Morgan fingerprint density at radius 2 is 1.96 bits per heavy atom. The highest BCUT2D eigenvalue weighted by molar-refractivity contribution is 7.16. The maximum atomic E-state index is 12.4. The molecule has 0 aliphatic rings. The van der Waals surface area contributed by atoms with Gasteiger partial charge in [0.15, 0.2) is 11.2 Å². The molecule has 4 nitrogen and oxygen atoms in total. The minimum atomic E-state index is -0.664. The van der Waals surface area contributed by atoms with Crippen LogP contribution in [0.2, 0.25) is 5.02 Å². The Hall–Kier alpha value is -2.37. The molecule has 1 aromatic heterocycles. The molecule has 0 spiro atoms. The third-order valence-corrected chi connectivity index (χ3v) is 4.67. The van der Waals surface area contributed by atoms with E-state index in [0.29, 0.717) is 15.9 Å². The van der Waals surface area contributed by atoms with E-state index in [1.54, 1.807) is 31.2 Å². The molecule has 0 saturated carbocycles. The number of amides is 1. The molecule has 0 radical (unpaired) electrons. The first kappa shape index (κ1) is 17.5. The van der Waals surface area contributed by atoms with Crippen molar-refractivity contribution < 1.29 is 9.53 Å². The van der Waals surface area contributed by atoms with Gasteiger partial charge in [-0.2, -0.15) is 0 Å². The minimum absolute atomic E-state index is 0.256. The molecule has 0 saturated heterocycles. The summed E-state index contributed by atoms with van der Waals surface area (Å²) in [6.45, 7) is 3.68. The van der Waals surface area contributed by atoms with Gasteiger partial charge in [-0.3, -0.25) is 10.1 Å². The summed E-state index contributed by atoms with van der Waals surface area (Å²) in [5.41, 5.74) is 1.91. The number of ether oxygens (including phenoxy) is 1. The van der Waals surface area contributed by atoms with Crippen LogP contribution in [0.1, 0.15) is 11.8 Å². The van der Waals surface area contributed by atoms with Crippen LogP contribution in [0.3, 0.4) is 0 Å². The van der Waals surface area contributed by atoms with Crippen molar-refractivity contribution in [2.75, 3.05) is 5.32 Å². The Bertz CT molecular complexity index is 880. The maximum absolute atomic E-state index is 12.4. The minimum Gasteiger partial charge on any atom is -0.481 e. The average molecular weight is 373 g/mol. The molecule has 0 aliphatic heterocycles. The number of aromatic nitrogens is 1. The van der Waals surface area contributed by atoms with E-state index in [9.17, 15) is 4.79 Å². The van der Waals surface area contributed by atoms with E-state index >= 15 is 0 Å². The quantitative estimate of drug-likeness (QED) is 0.671. The van der Waals surface area contributed by atoms with Crippen molar-refractivity contribution in [3.8, 4) is 17.0 Å². The lowest BCUT2D eigenvalue weighted by Gasteiger charge is -2.13. The van der Waals surface area contributed by atoms with Crippen molar-refractivity contribution in [1.82, 2.24) is 4.98 Å². The van der Waals surface area contributed by atoms with Crippen molar-refractivity contribution >= 4 is 34.0 Å². The molecule has 1 N–H and O–H groups in total. The van der Waals surface area contributed by atoms with Gasteiger partial charge in [0.2, 0.25) is 0 Å². The first-order valence-electron chi connectivity index (χ1n) is 7.79. The van der Waals surface area contributed by atoms with Gasteiger partial charge in [-0.25, -0.2) is 4.98 Å². The number of anilines is 1. The van der Waals surface area contributed by atoms with E-state index in [-0.39, 0.29) is 5.91 Å². The SMILES string of the molecule is Cc1sc(NC(=O)C(C)Oc2cccc(Cl)c2)nc1-c1ccccc1. The highest BCUT2D eigenvalue weighted by Crippen LogP contribution is 2.30. The Morgan fingerprint density at radius 1 is 1.20 bits per heavy atom. The molecule has 128 valence electrons. The molecular formula is C19H17ClN2O2S. The number of rotatable bonds is 5. The molecule has 1 atom stereocenters. The molecule has 0 bridgehead atoms. The zero-order valence-corrected chi connectivity index (χ0v) is 15.4. The van der Waals surface area contributed by atoms with E-state index in [2.05, 4.69) is 10.3 Å². The number of hydrogen-bond donors (Lipinski definition) is 1. The second kappa shape index (κ2) is 7.68. The van der Waals surface area contributed by atoms with Crippen LogP contribution in [0.15, 0.2) is 54.6 Å². The van der Waals surface area contributed by atoms with Crippen molar-refractivity contribution in [2.24, 2.45) is 0 Å². The van der Waals surface area contributed by atoms with Crippen LogP contribution >= 0.6 is 22.9 Å². The molecular weight excluding hydrogens is 356 g/mol. The van der Waals surface area contributed by atoms with Gasteiger partial charge in [-0.1, -0.05) is 48.0 Å². The lowest BCUT2D eigenvalue weighted by molar-refractivity contribution is -0.122. The molecule has 1 heterocycles. The Kier molecular flexibility index (Phi) is 5.36. The first-order valence-corrected chi connectivity index (χ1v) is 8.98. The second-order valence-electron chi connectivity index (χ2n) is 5.50. The van der Waals surface area contributed by atoms with Crippen LogP contribution < -0.4 is 10.1 Å². The van der Waals surface area contributed by atoms with E-state index in [1.807, 2.05) is 37.3 Å². The third kappa shape index (κ3) is 4.38. The first-order chi connectivity index (χ1) is 12.0. The number of nitrogens with one attached hydrogen (secondary N) is 1. The van der Waals surface area contributed by atoms with Crippen LogP contribution in [-0.2, 0) is 4.79 Å². The van der Waals surface area contributed by atoms with Gasteiger partial charge in [0.05, 0.1) is 5.69 Å². The number of thiazole rings is 1. The molecule has 2 aromatic carbocycles. The summed E-state index contributed by atoms with van der Waals surface area (Å²) in [6.07, 6.45) is -0.664. The van der Waals surface area contributed by atoms with Gasteiger partial charge in [0.1, 0.15) is 5.75 Å². The molecule has 0 aliphatic carbocycles. The summed E-state index contributed by atoms with van der Waals surface area (Å²) >= 11 is 7.37. The fourth-order valence-corrected chi connectivity index (χ4v) is 3.34. The lowest BCUT2D eigenvalue weighted by Crippen LogP contribution is -2.30. The largest absolute Gasteiger partial charge is 0.481 e. The fourth-order valence-electron chi connectivity index (χ4n) is 2.32. The predicted molar refractivity (Wildman–Crippen MR) is 102 cm³/mol. The molecule has 1 unspecified atom stereocenters. The van der Waals surface area contributed by atoms with Crippen molar-refractivity contribution in [3.63, 3.8) is 0 Å². The number of benzene rings is 2. The second-order valence-corrected chi connectivity index (χ2v) is 7.14. The lowest BCUT2D eigenvalue weighted by atomic mass is 10.1. The Balaban J connectivity index is 1.69. The topological polar surface area (TPSA) is 51.2 Å². The van der Waals surface area contributed by atoms with Gasteiger partial charge < -0.3 is 4.74 Å². The zero-order chi connectivity index (χ0) is 17.8. The third-order valence-electron chi connectivity index (χ3n) is 3.55. The van der Waals surface area contributed by atoms with Crippen LogP contribution in [0.25, 0.3) is 11.3 Å². The molecule has 25 heavy (non-hydrogen) atoms. The van der Waals surface area contributed by atoms with Gasteiger partial charge in [0, 0.05) is 15.5 Å². The van der Waals surface area contributed by atoms with E-state index in [1.165, 1.54) is 11.3 Å². The predicted octanol–water partition coefficient (Wildman–Crippen LogP) is 5.18. The standard InChI is InChI=1S/C19H17ClN2O2S/c1-12(24-16-10-6-9-15(20)11-16)18(23)22-19-21-17(13(2)25-19)14-7-4-3-5-8-14/h3-12H,1-2H3,(H,21,22,23). The number of carbonyl (C=O) groups is 1. The molecule has 3 rings (SSSR count). The number of aryl methyl sites for hydroxylation is 1. The maximum Gasteiger partial charge on any atom is 0.266 e. The van der Waals surface area contributed by atoms with Crippen molar-refractivity contribution in [2.45, 2.75) is 20.0 Å². The van der Waals surface area contributed by atoms with Gasteiger partial charge in [-0.15, -0.1) is 11.3 Å². The summed E-state index contributed by atoms with van der Waals surface area (Å²) in [6, 6.07) is 16.9. The number of hydrogen-bond acceptors (Lipinski definition) is 4. The molecule has 1 amide bonds. The number of halogens is 1. The zero-order valence-electron chi connectivity index (χ0n) is 13.8. The summed E-state index contributed by atoms with van der Waals surface area (Å²) < 4.78 is 5.63. The molecule has 3 aromatic rings. The summed E-state index contributed by atoms with van der Waals surface area (Å²) in [4.78, 5) is 17.9. The molecule has 6 heteroatoms. The number of nitrogens with zero attached hydrogens (tertiary/aromatic N) is 1. The fraction of sp³-hybridized carbons (Fsp3) is 0.158. The van der Waals surface area contributed by atoms with Gasteiger partial charge in [0.25, 0.3) is 5.91 Å². The van der Waals surface area contributed by atoms with E-state index < -0.39 is 6.10 Å². The van der Waals surface area contributed by atoms with Crippen LogP contribution in [0.5, 0.6) is 5.75 Å². The molecule has 0 fully saturated rings. The Morgan fingerprint density at radius 3 is 2.68 bits per heavy atom. The van der Waals surface area contributed by atoms with Crippen molar-refractivity contribution in [3.05, 3.63) is 64.5 Å². The highest BCUT2D eigenvalue weighted by atomic mass is 35.5. The summed E-state index contributed by atoms with van der Waals surface area (Å²) in [5, 5.41) is 3.94. The highest BCUT2D eigenvalue weighted by Gasteiger charge is 2.18. The summed E-state index contributed by atoms with van der Waals surface area (Å²) in [5.74, 6) is 0.295. The summed E-state index contributed by atoms with van der Waals surface area (Å²) in [7, 11) is 0.